The number of benzene rings is 1. The molecule has 0 radical (unpaired) electrons. The molecule has 1 aliphatic heterocycles. The summed E-state index contributed by atoms with van der Waals surface area (Å²) in [5, 5.41) is 9.77. The van der Waals surface area contributed by atoms with Gasteiger partial charge in [-0.2, -0.15) is 10.1 Å². The molecule has 8 heteroatoms. The van der Waals surface area contributed by atoms with E-state index in [0.717, 1.165) is 29.3 Å². The summed E-state index contributed by atoms with van der Waals surface area (Å²) in [7, 11) is 0. The zero-order valence-electron chi connectivity index (χ0n) is 17.8. The molecule has 7 nitrogen and oxygen atoms in total. The van der Waals surface area contributed by atoms with Crippen molar-refractivity contribution >= 4 is 16.8 Å². The lowest BCUT2D eigenvalue weighted by molar-refractivity contribution is -0.222. The number of likely N-dealkylation sites (tertiary alicyclic amines) is 1. The van der Waals surface area contributed by atoms with Crippen molar-refractivity contribution in [1.82, 2.24) is 24.8 Å². The van der Waals surface area contributed by atoms with Crippen LogP contribution in [0.25, 0.3) is 22.3 Å². The van der Waals surface area contributed by atoms with Crippen LogP contribution in [0.4, 0.5) is 4.39 Å². The zero-order valence-corrected chi connectivity index (χ0v) is 17.8. The summed E-state index contributed by atoms with van der Waals surface area (Å²) in [6.07, 6.45) is 4.73. The molecule has 3 aromatic rings. The van der Waals surface area contributed by atoms with Crippen molar-refractivity contribution in [3.63, 3.8) is 0 Å². The first-order valence-electron chi connectivity index (χ1n) is 11.2. The van der Waals surface area contributed by atoms with Gasteiger partial charge in [-0.05, 0) is 52.0 Å². The number of carbonyl (C=O) groups is 1. The Balaban J connectivity index is 1.15. The van der Waals surface area contributed by atoms with Crippen molar-refractivity contribution in [2.45, 2.75) is 63.6 Å². The van der Waals surface area contributed by atoms with E-state index in [2.05, 4.69) is 35.2 Å². The Hall–Kier alpha value is -2.77. The molecule has 4 fully saturated rings. The van der Waals surface area contributed by atoms with Gasteiger partial charge >= 0.3 is 0 Å². The Kier molecular flexibility index (Phi) is 3.90. The highest BCUT2D eigenvalue weighted by Gasteiger charge is 2.73. The third-order valence-electron chi connectivity index (χ3n) is 7.34. The van der Waals surface area contributed by atoms with Crippen molar-refractivity contribution in [3.8, 4) is 11.4 Å². The van der Waals surface area contributed by atoms with Gasteiger partial charge in [-0.25, -0.2) is 4.39 Å². The molecule has 31 heavy (non-hydrogen) atoms. The number of halogens is 1. The number of hydrogen-bond donors (Lipinski definition) is 0. The average Bonchev–Trinajstić information content (AvgIpc) is 3.37. The number of piperidine rings is 1. The molecule has 3 aliphatic carbocycles. The van der Waals surface area contributed by atoms with Crippen LogP contribution in [0.1, 0.15) is 63.8 Å². The van der Waals surface area contributed by atoms with Crippen LogP contribution < -0.4 is 0 Å². The van der Waals surface area contributed by atoms with E-state index in [1.54, 1.807) is 0 Å². The first kappa shape index (κ1) is 19.0. The second-order valence-corrected chi connectivity index (χ2v) is 9.94. The standard InChI is InChI=1S/C23H26FN5O2/c1-14(2)29-18-9-16(3-4-17(18)10-25-29)19-26-20(31-27-19)15-5-7-28(8-6-15)21(30)22-11-23(24,12-22)13-22/h3-4,9-10,14-15H,5-8,11-13H2,1-2H3. The molecule has 0 atom stereocenters. The molecule has 0 spiro atoms. The molecule has 162 valence electrons. The highest BCUT2D eigenvalue weighted by molar-refractivity contribution is 5.87. The first-order chi connectivity index (χ1) is 14.9. The van der Waals surface area contributed by atoms with E-state index in [1.165, 1.54) is 0 Å². The van der Waals surface area contributed by atoms with Crippen molar-refractivity contribution < 1.29 is 13.7 Å². The molecule has 1 aromatic carbocycles. The molecule has 1 saturated heterocycles. The van der Waals surface area contributed by atoms with Gasteiger partial charge in [-0.3, -0.25) is 9.48 Å². The van der Waals surface area contributed by atoms with Gasteiger partial charge in [-0.1, -0.05) is 17.3 Å². The number of nitrogens with zero attached hydrogens (tertiary/aromatic N) is 5. The molecule has 3 saturated carbocycles. The van der Waals surface area contributed by atoms with Gasteiger partial charge < -0.3 is 9.42 Å². The lowest BCUT2D eigenvalue weighted by Crippen LogP contribution is -2.70. The quantitative estimate of drug-likeness (QED) is 0.626. The van der Waals surface area contributed by atoms with Gasteiger partial charge in [0.05, 0.1) is 17.1 Å². The minimum absolute atomic E-state index is 0.145. The monoisotopic (exact) mass is 423 g/mol. The predicted octanol–water partition coefficient (Wildman–Crippen LogP) is 4.27. The van der Waals surface area contributed by atoms with Crippen LogP contribution in [0.3, 0.4) is 0 Å². The van der Waals surface area contributed by atoms with Gasteiger partial charge in [0, 0.05) is 36.0 Å². The highest BCUT2D eigenvalue weighted by Crippen LogP contribution is 2.70. The average molecular weight is 423 g/mol. The zero-order chi connectivity index (χ0) is 21.4. The molecule has 7 rings (SSSR count). The summed E-state index contributed by atoms with van der Waals surface area (Å²) in [4.78, 5) is 19.4. The molecule has 2 aromatic heterocycles. The fourth-order valence-corrected chi connectivity index (χ4v) is 5.66. The second-order valence-electron chi connectivity index (χ2n) is 9.94. The third kappa shape index (κ3) is 2.83. The van der Waals surface area contributed by atoms with Gasteiger partial charge in [-0.15, -0.1) is 0 Å². The smallest absolute Gasteiger partial charge is 0.230 e. The lowest BCUT2D eigenvalue weighted by Gasteiger charge is -2.65. The third-order valence-corrected chi connectivity index (χ3v) is 7.34. The van der Waals surface area contributed by atoms with Crippen LogP contribution in [-0.4, -0.2) is 49.5 Å². The number of rotatable bonds is 4. The second kappa shape index (κ2) is 6.37. The summed E-state index contributed by atoms with van der Waals surface area (Å²) < 4.78 is 21.4. The molecule has 1 amide bonds. The summed E-state index contributed by atoms with van der Waals surface area (Å²) >= 11 is 0. The maximum absolute atomic E-state index is 13.8. The number of amides is 1. The Bertz CT molecular complexity index is 1150. The number of alkyl halides is 1. The van der Waals surface area contributed by atoms with Crippen LogP contribution in [0, 0.1) is 5.41 Å². The molecule has 4 aliphatic rings. The Morgan fingerprint density at radius 2 is 1.97 bits per heavy atom. The van der Waals surface area contributed by atoms with Crippen molar-refractivity contribution in [3.05, 3.63) is 30.3 Å². The first-order valence-corrected chi connectivity index (χ1v) is 11.2. The Morgan fingerprint density at radius 1 is 1.23 bits per heavy atom. The van der Waals surface area contributed by atoms with Crippen LogP contribution in [0.2, 0.25) is 0 Å². The van der Waals surface area contributed by atoms with E-state index in [9.17, 15) is 9.18 Å². The van der Waals surface area contributed by atoms with Crippen LogP contribution in [0.5, 0.6) is 0 Å². The fraction of sp³-hybridized carbons (Fsp3) is 0.565. The largest absolute Gasteiger partial charge is 0.342 e. The maximum Gasteiger partial charge on any atom is 0.230 e. The fourth-order valence-electron chi connectivity index (χ4n) is 5.66. The number of hydrogen-bond acceptors (Lipinski definition) is 5. The minimum Gasteiger partial charge on any atom is -0.342 e. The SMILES string of the molecule is CC(C)n1ncc2ccc(-c3noc(C4CCN(C(=O)C56CC(F)(C5)C6)CC4)n3)cc21. The molecular formula is C23H26FN5O2. The number of fused-ring (bicyclic) bond motifs is 1. The van der Waals surface area contributed by atoms with Crippen molar-refractivity contribution in [2.24, 2.45) is 5.41 Å². The summed E-state index contributed by atoms with van der Waals surface area (Å²) in [6.45, 7) is 5.54. The molecular weight excluding hydrogens is 397 g/mol. The number of carbonyl (C=O) groups excluding carboxylic acids is 1. The summed E-state index contributed by atoms with van der Waals surface area (Å²) in [6, 6.07) is 6.34. The Labute approximate surface area is 179 Å². The predicted molar refractivity (Wildman–Crippen MR) is 112 cm³/mol. The minimum atomic E-state index is -1.04. The Morgan fingerprint density at radius 3 is 2.65 bits per heavy atom. The van der Waals surface area contributed by atoms with E-state index in [-0.39, 0.29) is 23.3 Å². The van der Waals surface area contributed by atoms with E-state index < -0.39 is 5.67 Å². The van der Waals surface area contributed by atoms with E-state index in [0.29, 0.717) is 44.1 Å². The molecule has 0 unspecified atom stereocenters. The number of aromatic nitrogens is 4. The van der Waals surface area contributed by atoms with Gasteiger partial charge in [0.15, 0.2) is 0 Å². The molecule has 0 N–H and O–H groups in total. The van der Waals surface area contributed by atoms with E-state index >= 15 is 0 Å². The van der Waals surface area contributed by atoms with Crippen LogP contribution >= 0.6 is 0 Å². The molecule has 2 bridgehead atoms. The van der Waals surface area contributed by atoms with E-state index in [4.69, 9.17) is 4.52 Å². The summed E-state index contributed by atoms with van der Waals surface area (Å²) in [5.74, 6) is 1.50. The van der Waals surface area contributed by atoms with Gasteiger partial charge in [0.25, 0.3) is 0 Å². The highest BCUT2D eigenvalue weighted by atomic mass is 19.1. The van der Waals surface area contributed by atoms with Crippen molar-refractivity contribution in [2.75, 3.05) is 13.1 Å². The topological polar surface area (TPSA) is 77.0 Å². The van der Waals surface area contributed by atoms with Gasteiger partial charge in [0.2, 0.25) is 17.6 Å². The van der Waals surface area contributed by atoms with Crippen LogP contribution in [0.15, 0.2) is 28.9 Å². The normalized spacial score (nSPS) is 28.1. The van der Waals surface area contributed by atoms with E-state index in [1.807, 2.05) is 27.9 Å². The van der Waals surface area contributed by atoms with Crippen molar-refractivity contribution in [1.29, 1.82) is 0 Å². The lowest BCUT2D eigenvalue weighted by atomic mass is 9.42. The van der Waals surface area contributed by atoms with Gasteiger partial charge in [0.1, 0.15) is 5.67 Å². The summed E-state index contributed by atoms with van der Waals surface area (Å²) in [5.41, 5.74) is 0.528. The van der Waals surface area contributed by atoms with Crippen LogP contribution in [-0.2, 0) is 4.79 Å². The maximum atomic E-state index is 13.8. The molecule has 3 heterocycles.